The lowest BCUT2D eigenvalue weighted by Crippen LogP contribution is -2.47. The van der Waals surface area contributed by atoms with Crippen LogP contribution in [-0.2, 0) is 22.6 Å². The number of fused-ring (bicyclic) bond motifs is 1. The number of hydrogen-bond donors (Lipinski definition) is 2. The van der Waals surface area contributed by atoms with Gasteiger partial charge >= 0.3 is 0 Å². The van der Waals surface area contributed by atoms with E-state index in [0.717, 1.165) is 21.9 Å². The lowest BCUT2D eigenvalue weighted by molar-refractivity contribution is -0.127. The van der Waals surface area contributed by atoms with Gasteiger partial charge in [0.15, 0.2) is 0 Å². The molecule has 0 aliphatic heterocycles. The molecular weight excluding hydrogens is 412 g/mol. The summed E-state index contributed by atoms with van der Waals surface area (Å²) < 4.78 is 1.82. The predicted molar refractivity (Wildman–Crippen MR) is 131 cm³/mol. The first-order valence-electron chi connectivity index (χ1n) is 11.1. The molecule has 1 aromatic heterocycles. The van der Waals surface area contributed by atoms with Gasteiger partial charge in [-0.2, -0.15) is 5.10 Å². The number of nitrogens with one attached hydrogen (secondary N) is 2. The highest BCUT2D eigenvalue weighted by Crippen LogP contribution is 2.17. The van der Waals surface area contributed by atoms with Gasteiger partial charge in [-0.25, -0.2) is 0 Å². The Morgan fingerprint density at radius 2 is 1.73 bits per heavy atom. The number of amides is 2. The molecule has 6 heteroatoms. The summed E-state index contributed by atoms with van der Waals surface area (Å²) in [5.41, 5.74) is 2.64. The number of hydrogen-bond acceptors (Lipinski definition) is 3. The van der Waals surface area contributed by atoms with E-state index in [-0.39, 0.29) is 24.2 Å². The van der Waals surface area contributed by atoms with Crippen molar-refractivity contribution in [3.63, 3.8) is 0 Å². The zero-order valence-corrected chi connectivity index (χ0v) is 18.9. The lowest BCUT2D eigenvalue weighted by atomic mass is 10.0. The van der Waals surface area contributed by atoms with Crippen LogP contribution in [0.5, 0.6) is 0 Å². The number of carbonyl (C=O) groups excluding carboxylic acids is 2. The van der Waals surface area contributed by atoms with E-state index < -0.39 is 6.04 Å². The topological polar surface area (TPSA) is 76.0 Å². The van der Waals surface area contributed by atoms with E-state index in [1.807, 2.05) is 97.5 Å². The van der Waals surface area contributed by atoms with E-state index in [4.69, 9.17) is 0 Å². The van der Waals surface area contributed by atoms with Crippen molar-refractivity contribution in [2.45, 2.75) is 32.9 Å². The molecule has 0 bridgehead atoms. The molecule has 0 spiro atoms. The van der Waals surface area contributed by atoms with Crippen LogP contribution in [0.25, 0.3) is 10.8 Å². The number of aromatic nitrogens is 2. The third kappa shape index (κ3) is 5.86. The molecule has 3 aromatic carbocycles. The van der Waals surface area contributed by atoms with Gasteiger partial charge in [-0.3, -0.25) is 14.3 Å². The van der Waals surface area contributed by atoms with Crippen LogP contribution >= 0.6 is 0 Å². The molecule has 0 saturated heterocycles. The summed E-state index contributed by atoms with van der Waals surface area (Å²) in [4.78, 5) is 25.8. The molecule has 6 nitrogen and oxygen atoms in total. The Hall–Kier alpha value is -3.93. The normalized spacial score (nSPS) is 12.0. The maximum absolute atomic E-state index is 13.0. The van der Waals surface area contributed by atoms with Gasteiger partial charge in [-0.15, -0.1) is 0 Å². The van der Waals surface area contributed by atoms with Crippen molar-refractivity contribution in [1.82, 2.24) is 15.1 Å². The van der Waals surface area contributed by atoms with Crippen LogP contribution in [0.2, 0.25) is 0 Å². The third-order valence-electron chi connectivity index (χ3n) is 5.54. The molecular formula is C27H28N4O2. The second kappa shape index (κ2) is 10.1. The Morgan fingerprint density at radius 3 is 2.48 bits per heavy atom. The molecule has 4 aromatic rings. The molecule has 1 atom stereocenters. The van der Waals surface area contributed by atoms with Crippen molar-refractivity contribution in [2.75, 3.05) is 5.32 Å². The molecule has 0 saturated carbocycles. The standard InChI is InChI=1S/C27H28N4O2/c1-19(2)26(30-25(32)17-20-11-12-22-8-3-4-9-23(22)15-20)27(33)29-24-10-5-7-21(16-24)18-31-14-6-13-28-31/h3-16,19,26H,17-18H2,1-2H3,(H,29,33)(H,30,32). The molecule has 0 aliphatic rings. The first-order valence-corrected chi connectivity index (χ1v) is 11.1. The number of anilines is 1. The molecule has 0 fully saturated rings. The summed E-state index contributed by atoms with van der Waals surface area (Å²) in [5, 5.41) is 12.3. The van der Waals surface area contributed by atoms with Gasteiger partial charge in [0.05, 0.1) is 13.0 Å². The average molecular weight is 441 g/mol. The Bertz CT molecular complexity index is 1250. The third-order valence-corrected chi connectivity index (χ3v) is 5.54. The predicted octanol–water partition coefficient (Wildman–Crippen LogP) is 4.41. The van der Waals surface area contributed by atoms with E-state index in [1.54, 1.807) is 6.20 Å². The molecule has 1 unspecified atom stereocenters. The highest BCUT2D eigenvalue weighted by molar-refractivity contribution is 5.97. The van der Waals surface area contributed by atoms with Crippen LogP contribution in [0.15, 0.2) is 85.2 Å². The van der Waals surface area contributed by atoms with Crippen molar-refractivity contribution in [3.05, 3.63) is 96.3 Å². The van der Waals surface area contributed by atoms with Gasteiger partial charge < -0.3 is 10.6 Å². The van der Waals surface area contributed by atoms with Gasteiger partial charge in [0.1, 0.15) is 6.04 Å². The molecule has 168 valence electrons. The Morgan fingerprint density at radius 1 is 0.909 bits per heavy atom. The molecule has 2 N–H and O–H groups in total. The second-order valence-corrected chi connectivity index (χ2v) is 8.54. The molecule has 2 amide bonds. The summed E-state index contributed by atoms with van der Waals surface area (Å²) in [6.07, 6.45) is 3.85. The fraction of sp³-hybridized carbons (Fsp3) is 0.222. The van der Waals surface area contributed by atoms with E-state index in [1.165, 1.54) is 0 Å². The summed E-state index contributed by atoms with van der Waals surface area (Å²) in [7, 11) is 0. The van der Waals surface area contributed by atoms with Crippen molar-refractivity contribution in [3.8, 4) is 0 Å². The van der Waals surface area contributed by atoms with Crippen LogP contribution in [0.1, 0.15) is 25.0 Å². The minimum Gasteiger partial charge on any atom is -0.344 e. The zero-order chi connectivity index (χ0) is 23.2. The number of nitrogens with zero attached hydrogens (tertiary/aromatic N) is 2. The van der Waals surface area contributed by atoms with E-state index in [0.29, 0.717) is 12.2 Å². The maximum Gasteiger partial charge on any atom is 0.247 e. The Kier molecular flexibility index (Phi) is 6.83. The van der Waals surface area contributed by atoms with Crippen LogP contribution < -0.4 is 10.6 Å². The largest absolute Gasteiger partial charge is 0.344 e. The lowest BCUT2D eigenvalue weighted by Gasteiger charge is -2.22. The Balaban J connectivity index is 1.40. The van der Waals surface area contributed by atoms with Crippen molar-refractivity contribution in [1.29, 1.82) is 0 Å². The van der Waals surface area contributed by atoms with Gasteiger partial charge in [0.2, 0.25) is 11.8 Å². The first kappa shape index (κ1) is 22.3. The van der Waals surface area contributed by atoms with Crippen molar-refractivity contribution < 1.29 is 9.59 Å². The highest BCUT2D eigenvalue weighted by atomic mass is 16.2. The van der Waals surface area contributed by atoms with Crippen LogP contribution in [0, 0.1) is 5.92 Å². The Labute approximate surface area is 193 Å². The summed E-state index contributed by atoms with van der Waals surface area (Å²) in [6, 6.07) is 22.9. The van der Waals surface area contributed by atoms with Gasteiger partial charge in [0.25, 0.3) is 0 Å². The van der Waals surface area contributed by atoms with E-state index in [9.17, 15) is 9.59 Å². The fourth-order valence-electron chi connectivity index (χ4n) is 3.84. The van der Waals surface area contributed by atoms with Crippen molar-refractivity contribution >= 4 is 28.3 Å². The molecule has 1 heterocycles. The minimum absolute atomic E-state index is 0.0576. The van der Waals surface area contributed by atoms with E-state index >= 15 is 0 Å². The summed E-state index contributed by atoms with van der Waals surface area (Å²) in [5.74, 6) is -0.461. The average Bonchev–Trinajstić information content (AvgIpc) is 3.30. The van der Waals surface area contributed by atoms with Gasteiger partial charge in [-0.1, -0.05) is 68.4 Å². The monoisotopic (exact) mass is 440 g/mol. The first-order chi connectivity index (χ1) is 16.0. The molecule has 33 heavy (non-hydrogen) atoms. The number of carbonyl (C=O) groups is 2. The maximum atomic E-state index is 13.0. The van der Waals surface area contributed by atoms with Gasteiger partial charge in [-0.05, 0) is 46.0 Å². The molecule has 4 rings (SSSR count). The second-order valence-electron chi connectivity index (χ2n) is 8.54. The zero-order valence-electron chi connectivity index (χ0n) is 18.9. The van der Waals surface area contributed by atoms with Crippen LogP contribution in [0.3, 0.4) is 0 Å². The quantitative estimate of drug-likeness (QED) is 0.426. The minimum atomic E-state index is -0.632. The summed E-state index contributed by atoms with van der Waals surface area (Å²) in [6.45, 7) is 4.47. The molecule has 0 aliphatic carbocycles. The number of benzene rings is 3. The smallest absolute Gasteiger partial charge is 0.247 e. The van der Waals surface area contributed by atoms with Crippen LogP contribution in [-0.4, -0.2) is 27.6 Å². The van der Waals surface area contributed by atoms with Crippen LogP contribution in [0.4, 0.5) is 5.69 Å². The number of rotatable bonds is 8. The van der Waals surface area contributed by atoms with Crippen molar-refractivity contribution in [2.24, 2.45) is 5.92 Å². The van der Waals surface area contributed by atoms with E-state index in [2.05, 4.69) is 15.7 Å². The SMILES string of the molecule is CC(C)C(NC(=O)Cc1ccc2ccccc2c1)C(=O)Nc1cccc(Cn2cccn2)c1. The molecule has 0 radical (unpaired) electrons. The summed E-state index contributed by atoms with van der Waals surface area (Å²) >= 11 is 0. The van der Waals surface area contributed by atoms with Gasteiger partial charge in [0, 0.05) is 18.1 Å². The fourth-order valence-corrected chi connectivity index (χ4v) is 3.84. The highest BCUT2D eigenvalue weighted by Gasteiger charge is 2.24.